The first kappa shape index (κ1) is 13.9. The predicted octanol–water partition coefficient (Wildman–Crippen LogP) is 3.72. The Hall–Kier alpha value is -0.480. The van der Waals surface area contributed by atoms with Crippen molar-refractivity contribution in [1.29, 1.82) is 0 Å². The van der Waals surface area contributed by atoms with Crippen molar-refractivity contribution in [1.82, 2.24) is 15.5 Å². The Bertz CT molecular complexity index is 345. The van der Waals surface area contributed by atoms with Gasteiger partial charge in [-0.3, -0.25) is 0 Å². The number of hydrogen-bond acceptors (Lipinski definition) is 4. The SMILES string of the molecule is CCNC(CC)c1nnc(CC2CCCCC2)s1. The first-order valence-corrected chi connectivity index (χ1v) is 8.20. The highest BCUT2D eigenvalue weighted by Gasteiger charge is 2.18. The molecule has 0 aromatic carbocycles. The van der Waals surface area contributed by atoms with E-state index in [9.17, 15) is 0 Å². The monoisotopic (exact) mass is 267 g/mol. The standard InChI is InChI=1S/C14H25N3S/c1-3-12(15-4-2)14-17-16-13(18-14)10-11-8-6-5-7-9-11/h11-12,15H,3-10H2,1-2H3. The molecular formula is C14H25N3S. The summed E-state index contributed by atoms with van der Waals surface area (Å²) in [5.74, 6) is 0.860. The molecule has 1 atom stereocenters. The van der Waals surface area contributed by atoms with Gasteiger partial charge in [-0.1, -0.05) is 57.3 Å². The summed E-state index contributed by atoms with van der Waals surface area (Å²) >= 11 is 1.81. The molecule has 102 valence electrons. The lowest BCUT2D eigenvalue weighted by molar-refractivity contribution is 0.356. The summed E-state index contributed by atoms with van der Waals surface area (Å²) in [5.41, 5.74) is 0. The summed E-state index contributed by atoms with van der Waals surface area (Å²) in [6.07, 6.45) is 9.26. The Morgan fingerprint density at radius 2 is 2.00 bits per heavy atom. The highest BCUT2D eigenvalue weighted by Crippen LogP contribution is 2.29. The molecule has 1 unspecified atom stereocenters. The average molecular weight is 267 g/mol. The molecule has 1 aromatic heterocycles. The molecule has 18 heavy (non-hydrogen) atoms. The molecule has 1 fully saturated rings. The van der Waals surface area contributed by atoms with Crippen LogP contribution < -0.4 is 5.32 Å². The zero-order valence-electron chi connectivity index (χ0n) is 11.6. The van der Waals surface area contributed by atoms with Crippen molar-refractivity contribution >= 4 is 11.3 Å². The Labute approximate surface area is 114 Å². The molecule has 4 heteroatoms. The predicted molar refractivity (Wildman–Crippen MR) is 76.9 cm³/mol. The number of nitrogens with one attached hydrogen (secondary N) is 1. The number of rotatable bonds is 6. The molecular weight excluding hydrogens is 242 g/mol. The lowest BCUT2D eigenvalue weighted by atomic mass is 9.87. The van der Waals surface area contributed by atoms with Gasteiger partial charge in [0.15, 0.2) is 0 Å². The van der Waals surface area contributed by atoms with Gasteiger partial charge in [-0.25, -0.2) is 0 Å². The summed E-state index contributed by atoms with van der Waals surface area (Å²) in [7, 11) is 0. The van der Waals surface area contributed by atoms with Gasteiger partial charge in [0.2, 0.25) is 0 Å². The van der Waals surface area contributed by atoms with E-state index in [2.05, 4.69) is 29.4 Å². The van der Waals surface area contributed by atoms with Crippen LogP contribution in [0.3, 0.4) is 0 Å². The quantitative estimate of drug-likeness (QED) is 0.853. The normalized spacial score (nSPS) is 19.0. The van der Waals surface area contributed by atoms with Gasteiger partial charge >= 0.3 is 0 Å². The molecule has 0 aliphatic heterocycles. The molecule has 2 rings (SSSR count). The van der Waals surface area contributed by atoms with E-state index in [0.29, 0.717) is 6.04 Å². The maximum atomic E-state index is 4.39. The van der Waals surface area contributed by atoms with Crippen LogP contribution in [-0.4, -0.2) is 16.7 Å². The minimum atomic E-state index is 0.396. The number of aromatic nitrogens is 2. The number of hydrogen-bond donors (Lipinski definition) is 1. The molecule has 0 spiro atoms. The fourth-order valence-electron chi connectivity index (χ4n) is 2.78. The van der Waals surface area contributed by atoms with Crippen LogP contribution in [0, 0.1) is 5.92 Å². The van der Waals surface area contributed by atoms with E-state index in [1.54, 1.807) is 0 Å². The molecule has 1 aliphatic carbocycles. The topological polar surface area (TPSA) is 37.8 Å². The Morgan fingerprint density at radius 3 is 2.67 bits per heavy atom. The first-order valence-electron chi connectivity index (χ1n) is 7.39. The summed E-state index contributed by atoms with van der Waals surface area (Å²) < 4.78 is 0. The molecule has 1 heterocycles. The van der Waals surface area contributed by atoms with Gasteiger partial charge in [0.1, 0.15) is 10.0 Å². The van der Waals surface area contributed by atoms with Crippen molar-refractivity contribution in [2.75, 3.05) is 6.54 Å². The molecule has 0 saturated heterocycles. The maximum Gasteiger partial charge on any atom is 0.134 e. The fraction of sp³-hybridized carbons (Fsp3) is 0.857. The van der Waals surface area contributed by atoms with E-state index >= 15 is 0 Å². The molecule has 1 aliphatic rings. The van der Waals surface area contributed by atoms with Crippen molar-refractivity contribution in [2.45, 2.75) is 64.8 Å². The van der Waals surface area contributed by atoms with Gasteiger partial charge in [-0.2, -0.15) is 0 Å². The third-order valence-corrected chi connectivity index (χ3v) is 4.89. The van der Waals surface area contributed by atoms with Crippen LogP contribution in [0.15, 0.2) is 0 Å². The van der Waals surface area contributed by atoms with Gasteiger partial charge in [0.25, 0.3) is 0 Å². The molecule has 0 amide bonds. The maximum absolute atomic E-state index is 4.39. The van der Waals surface area contributed by atoms with Gasteiger partial charge in [0, 0.05) is 6.42 Å². The highest BCUT2D eigenvalue weighted by molar-refractivity contribution is 7.11. The van der Waals surface area contributed by atoms with E-state index in [-0.39, 0.29) is 0 Å². The largest absolute Gasteiger partial charge is 0.308 e. The van der Waals surface area contributed by atoms with Crippen LogP contribution in [0.2, 0.25) is 0 Å². The van der Waals surface area contributed by atoms with E-state index in [4.69, 9.17) is 0 Å². The van der Waals surface area contributed by atoms with Gasteiger partial charge < -0.3 is 5.32 Å². The van der Waals surface area contributed by atoms with E-state index in [0.717, 1.165) is 25.3 Å². The second kappa shape index (κ2) is 7.19. The van der Waals surface area contributed by atoms with Crippen LogP contribution in [0.4, 0.5) is 0 Å². The number of nitrogens with zero attached hydrogens (tertiary/aromatic N) is 2. The Balaban J connectivity index is 1.92. The lowest BCUT2D eigenvalue weighted by Crippen LogP contribution is -2.19. The van der Waals surface area contributed by atoms with Gasteiger partial charge in [-0.15, -0.1) is 10.2 Å². The van der Waals surface area contributed by atoms with Crippen molar-refractivity contribution in [3.8, 4) is 0 Å². The molecule has 3 nitrogen and oxygen atoms in total. The third-order valence-electron chi connectivity index (χ3n) is 3.83. The van der Waals surface area contributed by atoms with E-state index in [1.165, 1.54) is 42.1 Å². The summed E-state index contributed by atoms with van der Waals surface area (Å²) in [6.45, 7) is 5.35. The lowest BCUT2D eigenvalue weighted by Gasteiger charge is -2.19. The van der Waals surface area contributed by atoms with Crippen molar-refractivity contribution in [3.05, 3.63) is 10.0 Å². The van der Waals surface area contributed by atoms with Crippen LogP contribution in [0.5, 0.6) is 0 Å². The zero-order valence-corrected chi connectivity index (χ0v) is 12.4. The smallest absolute Gasteiger partial charge is 0.134 e. The fourth-order valence-corrected chi connectivity index (χ4v) is 3.90. The van der Waals surface area contributed by atoms with Crippen molar-refractivity contribution in [2.24, 2.45) is 5.92 Å². The third kappa shape index (κ3) is 3.75. The molecule has 1 saturated carbocycles. The molecule has 1 N–H and O–H groups in total. The van der Waals surface area contributed by atoms with Gasteiger partial charge in [-0.05, 0) is 18.9 Å². The van der Waals surface area contributed by atoms with Gasteiger partial charge in [0.05, 0.1) is 6.04 Å². The molecule has 0 bridgehead atoms. The van der Waals surface area contributed by atoms with Crippen LogP contribution >= 0.6 is 11.3 Å². The Morgan fingerprint density at radius 1 is 1.22 bits per heavy atom. The summed E-state index contributed by atoms with van der Waals surface area (Å²) in [4.78, 5) is 0. The van der Waals surface area contributed by atoms with Crippen molar-refractivity contribution < 1.29 is 0 Å². The average Bonchev–Trinajstić information content (AvgIpc) is 2.85. The molecule has 1 aromatic rings. The minimum absolute atomic E-state index is 0.396. The van der Waals surface area contributed by atoms with Crippen LogP contribution in [0.25, 0.3) is 0 Å². The van der Waals surface area contributed by atoms with E-state index in [1.807, 2.05) is 11.3 Å². The molecule has 0 radical (unpaired) electrons. The summed E-state index contributed by atoms with van der Waals surface area (Å²) in [6, 6.07) is 0.396. The summed E-state index contributed by atoms with van der Waals surface area (Å²) in [5, 5.41) is 14.7. The zero-order chi connectivity index (χ0) is 12.8. The van der Waals surface area contributed by atoms with Crippen LogP contribution in [-0.2, 0) is 6.42 Å². The minimum Gasteiger partial charge on any atom is -0.308 e. The first-order chi connectivity index (χ1) is 8.83. The second-order valence-electron chi connectivity index (χ2n) is 5.26. The second-order valence-corrected chi connectivity index (χ2v) is 6.35. The highest BCUT2D eigenvalue weighted by atomic mass is 32.1. The van der Waals surface area contributed by atoms with Crippen molar-refractivity contribution in [3.63, 3.8) is 0 Å². The Kier molecular flexibility index (Phi) is 5.57. The van der Waals surface area contributed by atoms with Crippen LogP contribution in [0.1, 0.15) is 68.4 Å². The van der Waals surface area contributed by atoms with E-state index < -0.39 is 0 Å².